The van der Waals surface area contributed by atoms with Crippen LogP contribution in [0, 0.1) is 0 Å². The highest BCUT2D eigenvalue weighted by Crippen LogP contribution is 2.19. The molecule has 160 valence electrons. The standard InChI is InChI=1S/C23H29N5O.HI/c1-3-24-22(26-18-23(2,29)21-12-5-4-6-13-21)25-16-19-10-7-8-11-20(19)17-28-15-9-14-27-28;/h4-15,29H,3,16-18H2,1-2H3,(H2,24,25,26);1H. The first-order valence-corrected chi connectivity index (χ1v) is 9.93. The Bertz CT molecular complexity index is 910. The van der Waals surface area contributed by atoms with Crippen LogP contribution in [-0.2, 0) is 18.7 Å². The van der Waals surface area contributed by atoms with Crippen LogP contribution in [0.15, 0.2) is 78.0 Å². The summed E-state index contributed by atoms with van der Waals surface area (Å²) < 4.78 is 1.91. The molecule has 1 atom stereocenters. The predicted molar refractivity (Wildman–Crippen MR) is 132 cm³/mol. The number of hydrogen-bond acceptors (Lipinski definition) is 3. The van der Waals surface area contributed by atoms with Crippen LogP contribution in [0.3, 0.4) is 0 Å². The highest BCUT2D eigenvalue weighted by atomic mass is 127. The Hall–Kier alpha value is -2.39. The Morgan fingerprint density at radius 1 is 1.03 bits per heavy atom. The lowest BCUT2D eigenvalue weighted by molar-refractivity contribution is 0.0617. The molecule has 0 aliphatic carbocycles. The molecule has 0 amide bonds. The minimum Gasteiger partial charge on any atom is -0.384 e. The maximum atomic E-state index is 10.8. The van der Waals surface area contributed by atoms with Gasteiger partial charge in [0, 0.05) is 18.9 Å². The molecule has 3 rings (SSSR count). The topological polar surface area (TPSA) is 74.5 Å². The molecule has 0 aliphatic rings. The van der Waals surface area contributed by atoms with Gasteiger partial charge >= 0.3 is 0 Å². The fourth-order valence-corrected chi connectivity index (χ4v) is 3.10. The number of aromatic nitrogens is 2. The number of aliphatic imine (C=N–C) groups is 1. The number of nitrogens with one attached hydrogen (secondary N) is 2. The van der Waals surface area contributed by atoms with E-state index >= 15 is 0 Å². The molecule has 0 bridgehead atoms. The van der Waals surface area contributed by atoms with E-state index in [-0.39, 0.29) is 24.0 Å². The number of guanidine groups is 1. The summed E-state index contributed by atoms with van der Waals surface area (Å²) in [4.78, 5) is 4.72. The molecule has 0 saturated heterocycles. The normalized spacial score (nSPS) is 13.2. The van der Waals surface area contributed by atoms with Crippen LogP contribution >= 0.6 is 24.0 Å². The minimum absolute atomic E-state index is 0. The molecular weight excluding hydrogens is 489 g/mol. The predicted octanol–water partition coefficient (Wildman–Crippen LogP) is 3.51. The molecule has 0 aliphatic heterocycles. The average molecular weight is 519 g/mol. The Kier molecular flexibility index (Phi) is 9.32. The Balaban J connectivity index is 0.00000320. The molecule has 0 saturated carbocycles. The van der Waals surface area contributed by atoms with Crippen molar-refractivity contribution in [3.8, 4) is 0 Å². The number of aliphatic hydroxyl groups is 1. The summed E-state index contributed by atoms with van der Waals surface area (Å²) in [6, 6.07) is 19.8. The van der Waals surface area contributed by atoms with Crippen molar-refractivity contribution >= 4 is 29.9 Å². The lowest BCUT2D eigenvalue weighted by atomic mass is 9.96. The van der Waals surface area contributed by atoms with Crippen LogP contribution in [0.25, 0.3) is 0 Å². The van der Waals surface area contributed by atoms with Crippen molar-refractivity contribution in [2.24, 2.45) is 4.99 Å². The van der Waals surface area contributed by atoms with Gasteiger partial charge in [0.2, 0.25) is 0 Å². The third-order valence-electron chi connectivity index (χ3n) is 4.76. The highest BCUT2D eigenvalue weighted by molar-refractivity contribution is 14.0. The van der Waals surface area contributed by atoms with E-state index in [4.69, 9.17) is 4.99 Å². The van der Waals surface area contributed by atoms with Gasteiger partial charge < -0.3 is 15.7 Å². The number of nitrogens with zero attached hydrogens (tertiary/aromatic N) is 3. The summed E-state index contributed by atoms with van der Waals surface area (Å²) in [5, 5.41) is 21.6. The summed E-state index contributed by atoms with van der Waals surface area (Å²) in [6.07, 6.45) is 3.74. The second-order valence-corrected chi connectivity index (χ2v) is 7.16. The van der Waals surface area contributed by atoms with Gasteiger partial charge in [-0.15, -0.1) is 24.0 Å². The molecule has 6 nitrogen and oxygen atoms in total. The maximum Gasteiger partial charge on any atom is 0.191 e. The van der Waals surface area contributed by atoms with Crippen LogP contribution in [0.1, 0.15) is 30.5 Å². The van der Waals surface area contributed by atoms with Gasteiger partial charge in [-0.05, 0) is 36.6 Å². The zero-order chi connectivity index (χ0) is 20.5. The van der Waals surface area contributed by atoms with E-state index in [1.807, 2.05) is 66.3 Å². The molecule has 7 heteroatoms. The molecule has 1 heterocycles. The molecule has 30 heavy (non-hydrogen) atoms. The molecule has 2 aromatic carbocycles. The first-order valence-electron chi connectivity index (χ1n) is 9.93. The zero-order valence-corrected chi connectivity index (χ0v) is 19.8. The van der Waals surface area contributed by atoms with Gasteiger partial charge in [-0.2, -0.15) is 5.10 Å². The van der Waals surface area contributed by atoms with E-state index in [2.05, 4.69) is 27.9 Å². The molecular formula is C23H30IN5O. The van der Waals surface area contributed by atoms with Crippen LogP contribution in [-0.4, -0.2) is 33.9 Å². The molecule has 3 N–H and O–H groups in total. The first-order chi connectivity index (χ1) is 14.1. The third-order valence-corrected chi connectivity index (χ3v) is 4.76. The van der Waals surface area contributed by atoms with Crippen molar-refractivity contribution in [1.29, 1.82) is 0 Å². The molecule has 1 aromatic heterocycles. The Labute approximate surface area is 195 Å². The number of hydrogen-bond donors (Lipinski definition) is 3. The molecule has 0 spiro atoms. The van der Waals surface area contributed by atoms with E-state index in [0.717, 1.165) is 17.7 Å². The van der Waals surface area contributed by atoms with E-state index in [1.165, 1.54) is 5.56 Å². The van der Waals surface area contributed by atoms with Crippen LogP contribution in [0.2, 0.25) is 0 Å². The number of rotatable bonds is 8. The third kappa shape index (κ3) is 6.84. The summed E-state index contributed by atoms with van der Waals surface area (Å²) in [5.41, 5.74) is 2.21. The second kappa shape index (κ2) is 11.7. The highest BCUT2D eigenvalue weighted by Gasteiger charge is 2.22. The fourth-order valence-electron chi connectivity index (χ4n) is 3.10. The van der Waals surface area contributed by atoms with Gasteiger partial charge in [-0.25, -0.2) is 4.99 Å². The average Bonchev–Trinajstić information content (AvgIpc) is 3.25. The number of benzene rings is 2. The van der Waals surface area contributed by atoms with Gasteiger partial charge in [0.05, 0.1) is 19.6 Å². The van der Waals surface area contributed by atoms with Crippen LogP contribution in [0.4, 0.5) is 0 Å². The summed E-state index contributed by atoms with van der Waals surface area (Å²) in [7, 11) is 0. The van der Waals surface area contributed by atoms with Gasteiger partial charge in [-0.3, -0.25) is 4.68 Å². The first kappa shape index (κ1) is 23.9. The van der Waals surface area contributed by atoms with Gasteiger partial charge in [-0.1, -0.05) is 54.6 Å². The number of halogens is 1. The van der Waals surface area contributed by atoms with Crippen LogP contribution < -0.4 is 10.6 Å². The van der Waals surface area contributed by atoms with Gasteiger partial charge in [0.15, 0.2) is 5.96 Å². The molecule has 3 aromatic rings. The Morgan fingerprint density at radius 2 is 1.73 bits per heavy atom. The lowest BCUT2D eigenvalue weighted by Gasteiger charge is -2.25. The van der Waals surface area contributed by atoms with Crippen molar-refractivity contribution < 1.29 is 5.11 Å². The van der Waals surface area contributed by atoms with Crippen LogP contribution in [0.5, 0.6) is 0 Å². The summed E-state index contributed by atoms with van der Waals surface area (Å²) in [5.74, 6) is 0.678. The van der Waals surface area contributed by atoms with Crippen molar-refractivity contribution in [2.75, 3.05) is 13.1 Å². The SMILES string of the molecule is CCNC(=NCc1ccccc1Cn1cccn1)NCC(C)(O)c1ccccc1.I. The van der Waals surface area contributed by atoms with Crippen molar-refractivity contribution in [2.45, 2.75) is 32.5 Å². The smallest absolute Gasteiger partial charge is 0.191 e. The summed E-state index contributed by atoms with van der Waals surface area (Å²) >= 11 is 0. The van der Waals surface area contributed by atoms with E-state index in [0.29, 0.717) is 25.6 Å². The van der Waals surface area contributed by atoms with Crippen molar-refractivity contribution in [3.63, 3.8) is 0 Å². The second-order valence-electron chi connectivity index (χ2n) is 7.16. The van der Waals surface area contributed by atoms with E-state index in [9.17, 15) is 5.11 Å². The van der Waals surface area contributed by atoms with Crippen molar-refractivity contribution in [1.82, 2.24) is 20.4 Å². The van der Waals surface area contributed by atoms with E-state index < -0.39 is 5.60 Å². The van der Waals surface area contributed by atoms with Crippen molar-refractivity contribution in [3.05, 3.63) is 89.7 Å². The summed E-state index contributed by atoms with van der Waals surface area (Å²) in [6.45, 7) is 6.19. The lowest BCUT2D eigenvalue weighted by Crippen LogP contribution is -2.44. The minimum atomic E-state index is -0.991. The molecule has 0 fully saturated rings. The molecule has 1 unspecified atom stereocenters. The fraction of sp³-hybridized carbons (Fsp3) is 0.304. The van der Waals surface area contributed by atoms with E-state index in [1.54, 1.807) is 13.1 Å². The Morgan fingerprint density at radius 3 is 2.40 bits per heavy atom. The largest absolute Gasteiger partial charge is 0.384 e. The van der Waals surface area contributed by atoms with Gasteiger partial charge in [0.1, 0.15) is 5.60 Å². The monoisotopic (exact) mass is 519 g/mol. The quantitative estimate of drug-likeness (QED) is 0.242. The zero-order valence-electron chi connectivity index (χ0n) is 17.5. The van der Waals surface area contributed by atoms with Gasteiger partial charge in [0.25, 0.3) is 0 Å². The molecule has 0 radical (unpaired) electrons. The maximum absolute atomic E-state index is 10.8.